The first-order chi connectivity index (χ1) is 13.1. The van der Waals surface area contributed by atoms with E-state index in [-0.39, 0.29) is 17.9 Å². The van der Waals surface area contributed by atoms with Gasteiger partial charge in [0.05, 0.1) is 6.04 Å². The number of aryl methyl sites for hydroxylation is 1. The molecule has 1 aromatic carbocycles. The first kappa shape index (κ1) is 17.7. The van der Waals surface area contributed by atoms with E-state index in [1.54, 1.807) is 4.90 Å². The van der Waals surface area contributed by atoms with Gasteiger partial charge in [-0.15, -0.1) is 0 Å². The Kier molecular flexibility index (Phi) is 4.68. The average molecular weight is 363 g/mol. The van der Waals surface area contributed by atoms with Crippen molar-refractivity contribution in [3.8, 4) is 11.1 Å². The van der Waals surface area contributed by atoms with Crippen molar-refractivity contribution in [1.29, 1.82) is 0 Å². The summed E-state index contributed by atoms with van der Waals surface area (Å²) < 4.78 is 0. The fraction of sp³-hybridized carbons (Fsp3) is 0.409. The minimum atomic E-state index is 0.0510. The number of carbonyl (C=O) groups excluding carboxylic acids is 2. The fourth-order valence-electron chi connectivity index (χ4n) is 4.24. The van der Waals surface area contributed by atoms with Crippen LogP contribution in [0.2, 0.25) is 0 Å². The van der Waals surface area contributed by atoms with Crippen molar-refractivity contribution in [3.05, 3.63) is 47.3 Å². The minimum absolute atomic E-state index is 0.0510. The van der Waals surface area contributed by atoms with Crippen molar-refractivity contribution in [3.63, 3.8) is 0 Å². The number of aromatic nitrogens is 1. The molecule has 0 fully saturated rings. The Morgan fingerprint density at radius 1 is 1.26 bits per heavy atom. The van der Waals surface area contributed by atoms with Crippen LogP contribution in [0.15, 0.2) is 30.6 Å². The van der Waals surface area contributed by atoms with Gasteiger partial charge >= 0.3 is 0 Å². The van der Waals surface area contributed by atoms with Crippen molar-refractivity contribution in [2.75, 3.05) is 11.9 Å². The van der Waals surface area contributed by atoms with Crippen molar-refractivity contribution < 1.29 is 9.59 Å². The van der Waals surface area contributed by atoms with Crippen LogP contribution in [0.25, 0.3) is 11.1 Å². The van der Waals surface area contributed by atoms with Gasteiger partial charge in [0.2, 0.25) is 11.8 Å². The Morgan fingerprint density at radius 3 is 2.93 bits per heavy atom. The Hall–Kier alpha value is -2.69. The van der Waals surface area contributed by atoms with Gasteiger partial charge in [-0.05, 0) is 60.1 Å². The van der Waals surface area contributed by atoms with Gasteiger partial charge in [-0.2, -0.15) is 0 Å². The molecule has 4 rings (SSSR count). The van der Waals surface area contributed by atoms with Crippen molar-refractivity contribution in [1.82, 2.24) is 10.3 Å². The lowest BCUT2D eigenvalue weighted by molar-refractivity contribution is -0.121. The molecule has 1 aliphatic heterocycles. The largest absolute Gasteiger partial charge is 0.349 e. The van der Waals surface area contributed by atoms with E-state index in [0.717, 1.165) is 48.1 Å². The average Bonchev–Trinajstić information content (AvgIpc) is 2.70. The Morgan fingerprint density at radius 2 is 2.11 bits per heavy atom. The van der Waals surface area contributed by atoms with Crippen LogP contribution in [0, 0.1) is 0 Å². The molecule has 1 N–H and O–H groups in total. The lowest BCUT2D eigenvalue weighted by atomic mass is 9.84. The monoisotopic (exact) mass is 363 g/mol. The lowest BCUT2D eigenvalue weighted by Crippen LogP contribution is -2.31. The molecule has 1 aliphatic carbocycles. The Bertz CT molecular complexity index is 906. The van der Waals surface area contributed by atoms with Gasteiger partial charge in [-0.25, -0.2) is 0 Å². The van der Waals surface area contributed by atoms with E-state index in [1.807, 2.05) is 32.4 Å². The molecule has 0 bridgehead atoms. The second-order valence-corrected chi connectivity index (χ2v) is 7.42. The molecule has 2 heterocycles. The molecule has 0 radical (unpaired) electrons. The maximum Gasteiger partial charge on any atom is 0.227 e. The summed E-state index contributed by atoms with van der Waals surface area (Å²) >= 11 is 0. The molecule has 2 aromatic rings. The smallest absolute Gasteiger partial charge is 0.227 e. The van der Waals surface area contributed by atoms with Gasteiger partial charge in [0.25, 0.3) is 0 Å². The highest BCUT2D eigenvalue weighted by molar-refractivity contribution is 5.96. The van der Waals surface area contributed by atoms with E-state index in [1.165, 1.54) is 11.1 Å². The molecule has 0 unspecified atom stereocenters. The van der Waals surface area contributed by atoms with E-state index in [0.29, 0.717) is 12.8 Å². The molecule has 5 nitrogen and oxygen atoms in total. The molecule has 0 saturated carbocycles. The number of hydrogen-bond donors (Lipinski definition) is 1. The third-order valence-corrected chi connectivity index (χ3v) is 5.78. The van der Waals surface area contributed by atoms with Crippen LogP contribution in [-0.4, -0.2) is 23.8 Å². The number of hydrogen-bond acceptors (Lipinski definition) is 3. The number of benzene rings is 1. The number of rotatable bonds is 3. The number of pyridine rings is 1. The van der Waals surface area contributed by atoms with Gasteiger partial charge in [-0.3, -0.25) is 14.6 Å². The maximum absolute atomic E-state index is 11.9. The van der Waals surface area contributed by atoms with Gasteiger partial charge in [-0.1, -0.05) is 13.0 Å². The summed E-state index contributed by atoms with van der Waals surface area (Å²) in [4.78, 5) is 30.1. The molecule has 140 valence electrons. The van der Waals surface area contributed by atoms with E-state index in [2.05, 4.69) is 22.4 Å². The molecule has 2 amide bonds. The summed E-state index contributed by atoms with van der Waals surface area (Å²) in [6.45, 7) is 1.88. The van der Waals surface area contributed by atoms with Crippen LogP contribution in [0.4, 0.5) is 5.69 Å². The molecule has 0 spiro atoms. The molecule has 0 saturated heterocycles. The molecule has 1 aromatic heterocycles. The van der Waals surface area contributed by atoms with Crippen molar-refractivity contribution in [2.45, 2.75) is 51.5 Å². The third kappa shape index (κ3) is 3.22. The standard InChI is InChI=1S/C22H25N3O2/c1-3-21(26)24-19-6-4-5-16-17(12-23-13-18(16)19)14-7-9-20-15(11-14)8-10-22(27)25(20)2/h7,9,11-13,19H,3-6,8,10H2,1-2H3,(H,24,26)/t19-/m1/s1. The number of fused-ring (bicyclic) bond motifs is 2. The zero-order valence-electron chi connectivity index (χ0n) is 15.9. The molecule has 5 heteroatoms. The number of nitrogens with zero attached hydrogens (tertiary/aromatic N) is 2. The predicted octanol–water partition coefficient (Wildman–Crippen LogP) is 3.56. The Labute approximate surface area is 159 Å². The number of carbonyl (C=O) groups is 2. The van der Waals surface area contributed by atoms with Crippen LogP contribution < -0.4 is 10.2 Å². The van der Waals surface area contributed by atoms with Gasteiger partial charge < -0.3 is 10.2 Å². The second kappa shape index (κ2) is 7.14. The van der Waals surface area contributed by atoms with Gasteiger partial charge in [0.15, 0.2) is 0 Å². The first-order valence-corrected chi connectivity index (χ1v) is 9.74. The zero-order chi connectivity index (χ0) is 19.0. The summed E-state index contributed by atoms with van der Waals surface area (Å²) in [5.41, 5.74) is 6.93. The van der Waals surface area contributed by atoms with Gasteiger partial charge in [0.1, 0.15) is 0 Å². The summed E-state index contributed by atoms with van der Waals surface area (Å²) in [7, 11) is 1.84. The Balaban J connectivity index is 1.73. The molecule has 1 atom stereocenters. The molecular weight excluding hydrogens is 338 g/mol. The van der Waals surface area contributed by atoms with Gasteiger partial charge in [0, 0.05) is 43.5 Å². The topological polar surface area (TPSA) is 62.3 Å². The summed E-state index contributed by atoms with van der Waals surface area (Å²) in [6.07, 6.45) is 8.69. The van der Waals surface area contributed by atoms with E-state index < -0.39 is 0 Å². The van der Waals surface area contributed by atoms with Crippen LogP contribution >= 0.6 is 0 Å². The fourth-order valence-corrected chi connectivity index (χ4v) is 4.24. The highest BCUT2D eigenvalue weighted by atomic mass is 16.2. The molecular formula is C22H25N3O2. The summed E-state index contributed by atoms with van der Waals surface area (Å²) in [5, 5.41) is 3.14. The quantitative estimate of drug-likeness (QED) is 0.907. The van der Waals surface area contributed by atoms with E-state index in [4.69, 9.17) is 0 Å². The second-order valence-electron chi connectivity index (χ2n) is 7.42. The van der Waals surface area contributed by atoms with Crippen molar-refractivity contribution in [2.24, 2.45) is 0 Å². The minimum Gasteiger partial charge on any atom is -0.349 e. The first-order valence-electron chi connectivity index (χ1n) is 9.74. The van der Waals surface area contributed by atoms with Crippen LogP contribution in [0.3, 0.4) is 0 Å². The van der Waals surface area contributed by atoms with E-state index in [9.17, 15) is 9.59 Å². The maximum atomic E-state index is 11.9. The number of anilines is 1. The van der Waals surface area contributed by atoms with E-state index >= 15 is 0 Å². The number of amides is 2. The highest BCUT2D eigenvalue weighted by Gasteiger charge is 2.25. The van der Waals surface area contributed by atoms with Crippen LogP contribution in [0.5, 0.6) is 0 Å². The third-order valence-electron chi connectivity index (χ3n) is 5.78. The predicted molar refractivity (Wildman–Crippen MR) is 106 cm³/mol. The lowest BCUT2D eigenvalue weighted by Gasteiger charge is -2.29. The van der Waals surface area contributed by atoms with Crippen molar-refractivity contribution >= 4 is 17.5 Å². The molecule has 27 heavy (non-hydrogen) atoms. The summed E-state index contributed by atoms with van der Waals surface area (Å²) in [6, 6.07) is 6.37. The normalized spacial score (nSPS) is 18.7. The SMILES string of the molecule is CCC(=O)N[C@@H]1CCCc2c(-c3ccc4c(c3)CCC(=O)N4C)cncc21. The van der Waals surface area contributed by atoms with Crippen LogP contribution in [-0.2, 0) is 22.4 Å². The summed E-state index contributed by atoms with van der Waals surface area (Å²) in [5.74, 6) is 0.253. The van der Waals surface area contributed by atoms with Crippen LogP contribution in [0.1, 0.15) is 55.3 Å². The highest BCUT2D eigenvalue weighted by Crippen LogP contribution is 2.37. The number of nitrogens with one attached hydrogen (secondary N) is 1. The molecule has 2 aliphatic rings. The zero-order valence-corrected chi connectivity index (χ0v) is 15.9.